The minimum Gasteiger partial charge on any atom is -0.466 e. The monoisotopic (exact) mass is 389 g/mol. The van der Waals surface area contributed by atoms with Crippen molar-refractivity contribution in [1.29, 1.82) is 5.26 Å². The number of carbonyl (C=O) groups is 3. The summed E-state index contributed by atoms with van der Waals surface area (Å²) < 4.78 is 5.04. The third-order valence-corrected chi connectivity index (χ3v) is 5.45. The fourth-order valence-electron chi connectivity index (χ4n) is 2.98. The second-order valence-electron chi connectivity index (χ2n) is 6.34. The summed E-state index contributed by atoms with van der Waals surface area (Å²) >= 11 is 1.20. The highest BCUT2D eigenvalue weighted by molar-refractivity contribution is 8.00. The molecule has 0 N–H and O–H groups in total. The summed E-state index contributed by atoms with van der Waals surface area (Å²) in [5, 5.41) is 9.75. The first-order chi connectivity index (χ1) is 12.9. The Morgan fingerprint density at radius 2 is 2.04 bits per heavy atom. The van der Waals surface area contributed by atoms with Crippen LogP contribution in [0, 0.1) is 24.2 Å². The quantitative estimate of drug-likeness (QED) is 0.418. The number of likely N-dealkylation sites (tertiary alicyclic amines) is 1. The number of nitrogens with zero attached hydrogens (tertiary/aromatic N) is 3. The van der Waals surface area contributed by atoms with Crippen molar-refractivity contribution in [3.63, 3.8) is 0 Å². The SMILES string of the molecule is CCOC(=O)C1CCN(C(=O)CSc2nc(C)c(C(C)=O)cc2C#N)CC1. The molecule has 0 radical (unpaired) electrons. The van der Waals surface area contributed by atoms with Crippen molar-refractivity contribution in [3.05, 3.63) is 22.9 Å². The van der Waals surface area contributed by atoms with Crippen LogP contribution in [0.4, 0.5) is 0 Å². The number of rotatable bonds is 6. The Labute approximate surface area is 163 Å². The van der Waals surface area contributed by atoms with E-state index in [1.54, 1.807) is 18.7 Å². The Morgan fingerprint density at radius 1 is 1.37 bits per heavy atom. The molecule has 1 saturated heterocycles. The summed E-state index contributed by atoms with van der Waals surface area (Å²) in [5.74, 6) is -0.377. The predicted molar refractivity (Wildman–Crippen MR) is 100 cm³/mol. The van der Waals surface area contributed by atoms with Crippen molar-refractivity contribution in [3.8, 4) is 6.07 Å². The van der Waals surface area contributed by atoms with Gasteiger partial charge >= 0.3 is 5.97 Å². The molecule has 144 valence electrons. The number of esters is 1. The lowest BCUT2D eigenvalue weighted by atomic mass is 9.97. The Kier molecular flexibility index (Phi) is 7.36. The van der Waals surface area contributed by atoms with Crippen LogP contribution in [0.5, 0.6) is 0 Å². The van der Waals surface area contributed by atoms with Gasteiger partial charge in [0, 0.05) is 24.3 Å². The second kappa shape index (κ2) is 9.51. The largest absolute Gasteiger partial charge is 0.466 e. The molecule has 0 atom stereocenters. The van der Waals surface area contributed by atoms with Crippen LogP contribution >= 0.6 is 11.8 Å². The maximum absolute atomic E-state index is 12.5. The molecule has 7 nitrogen and oxygen atoms in total. The number of Topliss-reactive ketones (excluding diaryl/α,β-unsaturated/α-hetero) is 1. The van der Waals surface area contributed by atoms with E-state index in [-0.39, 0.29) is 29.3 Å². The molecule has 1 aliphatic heterocycles. The Balaban J connectivity index is 1.95. The van der Waals surface area contributed by atoms with Gasteiger partial charge in [0.2, 0.25) is 5.91 Å². The minimum absolute atomic E-state index is 0.0544. The molecule has 1 amide bonds. The van der Waals surface area contributed by atoms with Crippen molar-refractivity contribution >= 4 is 29.4 Å². The number of carbonyl (C=O) groups excluding carboxylic acids is 3. The van der Waals surface area contributed by atoms with Crippen LogP contribution in [0.3, 0.4) is 0 Å². The van der Waals surface area contributed by atoms with Crippen LogP contribution < -0.4 is 0 Å². The fourth-order valence-corrected chi connectivity index (χ4v) is 3.88. The van der Waals surface area contributed by atoms with Crippen LogP contribution in [0.25, 0.3) is 0 Å². The van der Waals surface area contributed by atoms with Crippen LogP contribution in [0.1, 0.15) is 48.3 Å². The van der Waals surface area contributed by atoms with Crippen LogP contribution in [0.2, 0.25) is 0 Å². The van der Waals surface area contributed by atoms with Crippen molar-refractivity contribution in [2.24, 2.45) is 5.92 Å². The molecule has 27 heavy (non-hydrogen) atoms. The molecule has 1 aliphatic rings. The van der Waals surface area contributed by atoms with Crippen LogP contribution in [-0.4, -0.2) is 53.0 Å². The van der Waals surface area contributed by atoms with E-state index in [4.69, 9.17) is 4.74 Å². The summed E-state index contributed by atoms with van der Waals surface area (Å²) in [6.07, 6.45) is 1.20. The fraction of sp³-hybridized carbons (Fsp3) is 0.526. The number of ketones is 1. The van der Waals surface area contributed by atoms with Crippen molar-refractivity contribution in [2.75, 3.05) is 25.4 Å². The lowest BCUT2D eigenvalue weighted by molar-refractivity contribution is -0.151. The number of pyridine rings is 1. The summed E-state index contributed by atoms with van der Waals surface area (Å²) in [5.41, 5.74) is 1.26. The van der Waals surface area contributed by atoms with Gasteiger partial charge in [0.1, 0.15) is 11.1 Å². The number of hydrogen-bond donors (Lipinski definition) is 0. The normalized spacial score (nSPS) is 14.5. The second-order valence-corrected chi connectivity index (χ2v) is 7.30. The van der Waals surface area contributed by atoms with Crippen molar-refractivity contribution < 1.29 is 19.1 Å². The van der Waals surface area contributed by atoms with Gasteiger partial charge in [-0.1, -0.05) is 11.8 Å². The third-order valence-electron chi connectivity index (χ3n) is 4.48. The number of thioether (sulfide) groups is 1. The van der Waals surface area contributed by atoms with Gasteiger partial charge < -0.3 is 9.64 Å². The lowest BCUT2D eigenvalue weighted by Crippen LogP contribution is -2.41. The summed E-state index contributed by atoms with van der Waals surface area (Å²) in [7, 11) is 0. The topological polar surface area (TPSA) is 100 Å². The molecule has 0 unspecified atom stereocenters. The molecule has 8 heteroatoms. The first-order valence-electron chi connectivity index (χ1n) is 8.87. The average Bonchev–Trinajstić information content (AvgIpc) is 2.66. The van der Waals surface area contributed by atoms with E-state index < -0.39 is 0 Å². The molecule has 1 aromatic rings. The van der Waals surface area contributed by atoms with Crippen LogP contribution in [-0.2, 0) is 14.3 Å². The van der Waals surface area contributed by atoms with E-state index in [1.807, 2.05) is 6.07 Å². The van der Waals surface area contributed by atoms with Crippen molar-refractivity contribution in [2.45, 2.75) is 38.6 Å². The molecule has 0 saturated carbocycles. The van der Waals surface area contributed by atoms with E-state index in [0.29, 0.717) is 54.4 Å². The highest BCUT2D eigenvalue weighted by Crippen LogP contribution is 2.25. The Hall–Kier alpha value is -2.40. The molecule has 2 rings (SSSR count). The van der Waals surface area contributed by atoms with Gasteiger partial charge in [0.15, 0.2) is 5.78 Å². The van der Waals surface area contributed by atoms with Gasteiger partial charge in [0.05, 0.1) is 23.8 Å². The van der Waals surface area contributed by atoms with Gasteiger partial charge in [-0.05, 0) is 39.7 Å². The first-order valence-corrected chi connectivity index (χ1v) is 9.85. The Bertz CT molecular complexity index is 780. The van der Waals surface area contributed by atoms with E-state index in [9.17, 15) is 19.6 Å². The van der Waals surface area contributed by atoms with Gasteiger partial charge in [-0.25, -0.2) is 4.98 Å². The summed E-state index contributed by atoms with van der Waals surface area (Å²) in [6.45, 7) is 6.32. The number of piperidine rings is 1. The molecule has 0 aliphatic carbocycles. The van der Waals surface area contributed by atoms with Crippen LogP contribution in [0.15, 0.2) is 11.1 Å². The molecule has 1 aromatic heterocycles. The number of amides is 1. The zero-order valence-corrected chi connectivity index (χ0v) is 16.6. The third kappa shape index (κ3) is 5.30. The molecular weight excluding hydrogens is 366 g/mol. The number of aryl methyl sites for hydroxylation is 1. The lowest BCUT2D eigenvalue weighted by Gasteiger charge is -2.30. The zero-order valence-electron chi connectivity index (χ0n) is 15.8. The number of hydrogen-bond acceptors (Lipinski definition) is 7. The minimum atomic E-state index is -0.192. The molecule has 0 spiro atoms. The zero-order chi connectivity index (χ0) is 20.0. The van der Waals surface area contributed by atoms with E-state index in [1.165, 1.54) is 24.8 Å². The Morgan fingerprint density at radius 3 is 2.59 bits per heavy atom. The first kappa shape index (κ1) is 20.9. The van der Waals surface area contributed by atoms with Gasteiger partial charge in [0.25, 0.3) is 0 Å². The molecular formula is C19H23N3O4S. The molecule has 0 aromatic carbocycles. The van der Waals surface area contributed by atoms with Crippen molar-refractivity contribution in [1.82, 2.24) is 9.88 Å². The number of ether oxygens (including phenoxy) is 1. The molecule has 0 bridgehead atoms. The maximum Gasteiger partial charge on any atom is 0.309 e. The summed E-state index contributed by atoms with van der Waals surface area (Å²) in [4.78, 5) is 41.9. The van der Waals surface area contributed by atoms with Gasteiger partial charge in [-0.15, -0.1) is 0 Å². The standard InChI is InChI=1S/C19H23N3O4S/c1-4-26-19(25)14-5-7-22(8-6-14)17(24)11-27-18-15(10-20)9-16(13(3)23)12(2)21-18/h9,14H,4-8,11H2,1-3H3. The maximum atomic E-state index is 12.5. The van der Waals surface area contributed by atoms with Gasteiger partial charge in [-0.3, -0.25) is 14.4 Å². The van der Waals surface area contributed by atoms with Gasteiger partial charge in [-0.2, -0.15) is 5.26 Å². The van der Waals surface area contributed by atoms with E-state index in [2.05, 4.69) is 4.98 Å². The number of aromatic nitrogens is 1. The van der Waals surface area contributed by atoms with E-state index in [0.717, 1.165) is 0 Å². The predicted octanol–water partition coefficient (Wildman–Crippen LogP) is 2.36. The molecule has 1 fully saturated rings. The smallest absolute Gasteiger partial charge is 0.309 e. The average molecular weight is 389 g/mol. The summed E-state index contributed by atoms with van der Waals surface area (Å²) in [6, 6.07) is 3.57. The van der Waals surface area contributed by atoms with E-state index >= 15 is 0 Å². The number of nitriles is 1. The molecule has 2 heterocycles. The highest BCUT2D eigenvalue weighted by atomic mass is 32.2. The highest BCUT2D eigenvalue weighted by Gasteiger charge is 2.28.